The van der Waals surface area contributed by atoms with Crippen LogP contribution in [0.15, 0.2) is 35.4 Å². The second kappa shape index (κ2) is 5.75. The van der Waals surface area contributed by atoms with Gasteiger partial charge in [-0.1, -0.05) is 64.8 Å². The van der Waals surface area contributed by atoms with Gasteiger partial charge >= 0.3 is 0 Å². The Morgan fingerprint density at radius 1 is 0.483 bits per heavy atom. The first-order valence-corrected chi connectivity index (χ1v) is 11.2. The third kappa shape index (κ3) is 2.71. The van der Waals surface area contributed by atoms with Crippen LogP contribution in [-0.4, -0.2) is 0 Å². The number of fused-ring (bicyclic) bond motifs is 5. The number of hydrogen-bond acceptors (Lipinski definition) is 0. The van der Waals surface area contributed by atoms with E-state index in [1.807, 2.05) is 0 Å². The summed E-state index contributed by atoms with van der Waals surface area (Å²) in [5.41, 5.74) is 18.7. The molecule has 150 valence electrons. The van der Waals surface area contributed by atoms with Gasteiger partial charge in [0.2, 0.25) is 0 Å². The molecule has 0 bridgehead atoms. The van der Waals surface area contributed by atoms with Crippen molar-refractivity contribution in [3.8, 4) is 11.1 Å². The van der Waals surface area contributed by atoms with Crippen LogP contribution in [-0.2, 0) is 19.3 Å². The Bertz CT molecular complexity index is 1040. The van der Waals surface area contributed by atoms with Crippen LogP contribution in [0.3, 0.4) is 0 Å². The average molecular weight is 383 g/mol. The van der Waals surface area contributed by atoms with Crippen LogP contribution in [0.25, 0.3) is 22.3 Å². The van der Waals surface area contributed by atoms with Gasteiger partial charge in [-0.25, -0.2) is 0 Å². The Hall–Kier alpha value is -2.08. The number of benzene rings is 2. The molecule has 0 spiro atoms. The van der Waals surface area contributed by atoms with Crippen LogP contribution in [0, 0.1) is 10.8 Å². The molecular weight excluding hydrogens is 348 g/mol. The van der Waals surface area contributed by atoms with E-state index >= 15 is 0 Å². The van der Waals surface area contributed by atoms with E-state index in [4.69, 9.17) is 0 Å². The van der Waals surface area contributed by atoms with Gasteiger partial charge in [-0.15, -0.1) is 0 Å². The van der Waals surface area contributed by atoms with Crippen LogP contribution in [0.1, 0.15) is 88.8 Å². The van der Waals surface area contributed by atoms with Gasteiger partial charge in [0.1, 0.15) is 0 Å². The molecule has 5 rings (SSSR count). The first kappa shape index (κ1) is 18.9. The molecular formula is C29H34. The Morgan fingerprint density at radius 2 is 0.828 bits per heavy atom. The molecule has 0 aliphatic heterocycles. The molecule has 0 amide bonds. The molecule has 0 radical (unpaired) electrons. The molecule has 0 atom stereocenters. The second-order valence-electron chi connectivity index (χ2n) is 11.7. The molecule has 0 heteroatoms. The standard InChI is InChI=1S/C29H34/c1-16-9-18-11-20-13-21-12-19-10-17(2)27(29(6,7)8)25(19)15-23(21)22(20)14-24(18)26(16)28(3,4)5/h11-12,14-15H,9-10,13H2,1-8H3. The minimum Gasteiger partial charge on any atom is -0.0646 e. The fourth-order valence-corrected chi connectivity index (χ4v) is 6.44. The van der Waals surface area contributed by atoms with Gasteiger partial charge in [0.25, 0.3) is 0 Å². The summed E-state index contributed by atoms with van der Waals surface area (Å²) < 4.78 is 0. The summed E-state index contributed by atoms with van der Waals surface area (Å²) in [4.78, 5) is 0. The second-order valence-corrected chi connectivity index (χ2v) is 11.7. The lowest BCUT2D eigenvalue weighted by Gasteiger charge is -2.24. The molecule has 2 aromatic rings. The maximum Gasteiger partial charge on any atom is -0.00132 e. The Balaban J connectivity index is 1.68. The Morgan fingerprint density at radius 3 is 1.17 bits per heavy atom. The van der Waals surface area contributed by atoms with Gasteiger partial charge in [0.05, 0.1) is 0 Å². The van der Waals surface area contributed by atoms with Crippen molar-refractivity contribution in [3.05, 3.63) is 68.8 Å². The van der Waals surface area contributed by atoms with Gasteiger partial charge in [0, 0.05) is 0 Å². The molecule has 0 N–H and O–H groups in total. The van der Waals surface area contributed by atoms with E-state index in [-0.39, 0.29) is 10.8 Å². The molecule has 3 aliphatic rings. The molecule has 0 fully saturated rings. The number of rotatable bonds is 0. The van der Waals surface area contributed by atoms with E-state index in [1.54, 1.807) is 22.3 Å². The van der Waals surface area contributed by atoms with Gasteiger partial charge in [-0.2, -0.15) is 0 Å². The molecule has 29 heavy (non-hydrogen) atoms. The van der Waals surface area contributed by atoms with Crippen LogP contribution in [0.2, 0.25) is 0 Å². The van der Waals surface area contributed by atoms with Crippen LogP contribution >= 0.6 is 0 Å². The van der Waals surface area contributed by atoms with E-state index in [0.29, 0.717) is 0 Å². The van der Waals surface area contributed by atoms with E-state index < -0.39 is 0 Å². The maximum atomic E-state index is 2.53. The summed E-state index contributed by atoms with van der Waals surface area (Å²) in [6.45, 7) is 18.8. The number of hydrogen-bond donors (Lipinski definition) is 0. The summed E-state index contributed by atoms with van der Waals surface area (Å²) in [6.07, 6.45) is 3.34. The summed E-state index contributed by atoms with van der Waals surface area (Å²) in [7, 11) is 0. The molecule has 0 unspecified atom stereocenters. The molecule has 0 heterocycles. The van der Waals surface area contributed by atoms with Crippen LogP contribution in [0.5, 0.6) is 0 Å². The van der Waals surface area contributed by atoms with Crippen LogP contribution < -0.4 is 0 Å². The minimum absolute atomic E-state index is 0.197. The van der Waals surface area contributed by atoms with Crippen molar-refractivity contribution < 1.29 is 0 Å². The third-order valence-corrected chi connectivity index (χ3v) is 7.13. The van der Waals surface area contributed by atoms with Crippen molar-refractivity contribution >= 4 is 11.1 Å². The highest BCUT2D eigenvalue weighted by Crippen LogP contribution is 2.51. The predicted molar refractivity (Wildman–Crippen MR) is 126 cm³/mol. The van der Waals surface area contributed by atoms with Gasteiger partial charge in [-0.3, -0.25) is 0 Å². The SMILES string of the molecule is CC1=C(C(C)(C)C)c2cc3c(cc2C1)Cc1cc2c(cc1-3)C(C(C)(C)C)=C(C)C2. The topological polar surface area (TPSA) is 0 Å². The lowest BCUT2D eigenvalue weighted by molar-refractivity contribution is 0.565. The summed E-state index contributed by atoms with van der Waals surface area (Å²) in [6, 6.07) is 10.1. The van der Waals surface area contributed by atoms with Crippen LogP contribution in [0.4, 0.5) is 0 Å². The molecule has 2 aromatic carbocycles. The average Bonchev–Trinajstić information content (AvgIpc) is 3.17. The van der Waals surface area contributed by atoms with Crippen molar-refractivity contribution in [3.63, 3.8) is 0 Å². The maximum absolute atomic E-state index is 2.53. The van der Waals surface area contributed by atoms with Gasteiger partial charge in [0.15, 0.2) is 0 Å². The summed E-state index contributed by atoms with van der Waals surface area (Å²) in [5.74, 6) is 0. The highest BCUT2D eigenvalue weighted by atomic mass is 14.4. The summed E-state index contributed by atoms with van der Waals surface area (Å²) in [5, 5.41) is 0. The van der Waals surface area contributed by atoms with Crippen molar-refractivity contribution in [1.82, 2.24) is 0 Å². The monoisotopic (exact) mass is 382 g/mol. The fraction of sp³-hybridized carbons (Fsp3) is 0.448. The van der Waals surface area contributed by atoms with Crippen molar-refractivity contribution in [2.45, 2.75) is 74.7 Å². The van der Waals surface area contributed by atoms with E-state index in [2.05, 4.69) is 79.7 Å². The zero-order valence-electron chi connectivity index (χ0n) is 19.4. The van der Waals surface area contributed by atoms with Gasteiger partial charge in [-0.05, 0) is 112 Å². The Labute approximate surface area is 176 Å². The molecule has 0 saturated carbocycles. The highest BCUT2D eigenvalue weighted by molar-refractivity contribution is 5.89. The first-order valence-electron chi connectivity index (χ1n) is 11.2. The van der Waals surface area contributed by atoms with E-state index in [0.717, 1.165) is 19.3 Å². The van der Waals surface area contributed by atoms with Gasteiger partial charge < -0.3 is 0 Å². The van der Waals surface area contributed by atoms with Crippen molar-refractivity contribution in [1.29, 1.82) is 0 Å². The van der Waals surface area contributed by atoms with Crippen molar-refractivity contribution in [2.75, 3.05) is 0 Å². The predicted octanol–water partition coefficient (Wildman–Crippen LogP) is 8.01. The largest absolute Gasteiger partial charge is 0.0646 e. The fourth-order valence-electron chi connectivity index (χ4n) is 6.44. The normalized spacial score (nSPS) is 17.7. The molecule has 0 saturated heterocycles. The van der Waals surface area contributed by atoms with E-state index in [1.165, 1.54) is 44.5 Å². The smallest absolute Gasteiger partial charge is 0.00132 e. The zero-order chi connectivity index (χ0) is 20.9. The molecule has 0 nitrogen and oxygen atoms in total. The van der Waals surface area contributed by atoms with E-state index in [9.17, 15) is 0 Å². The highest BCUT2D eigenvalue weighted by Gasteiger charge is 2.33. The molecule has 0 aromatic heterocycles. The number of allylic oxidation sites excluding steroid dienone is 4. The minimum atomic E-state index is 0.197. The quantitative estimate of drug-likeness (QED) is 0.369. The lowest BCUT2D eigenvalue weighted by Crippen LogP contribution is -2.08. The zero-order valence-corrected chi connectivity index (χ0v) is 19.4. The Kier molecular flexibility index (Phi) is 3.75. The molecule has 3 aliphatic carbocycles. The summed E-state index contributed by atoms with van der Waals surface area (Å²) >= 11 is 0. The third-order valence-electron chi connectivity index (χ3n) is 7.13. The van der Waals surface area contributed by atoms with Crippen molar-refractivity contribution in [2.24, 2.45) is 10.8 Å². The lowest BCUT2D eigenvalue weighted by atomic mass is 9.80. The first-order chi connectivity index (χ1) is 13.4.